The minimum Gasteiger partial charge on any atom is -0.310 e. The molecule has 1 N–H and O–H groups in total. The first-order valence-electron chi connectivity index (χ1n) is 7.74. The quantitative estimate of drug-likeness (QED) is 0.720. The van der Waals surface area contributed by atoms with Crippen molar-refractivity contribution in [3.8, 4) is 0 Å². The molecule has 1 fully saturated rings. The lowest BCUT2D eigenvalue weighted by Gasteiger charge is -2.28. The molecular formula is C16H29N. The smallest absolute Gasteiger partial charge is 0.0250 e. The second-order valence-corrected chi connectivity index (χ2v) is 6.22. The van der Waals surface area contributed by atoms with Gasteiger partial charge in [-0.25, -0.2) is 0 Å². The molecule has 0 aromatic carbocycles. The maximum absolute atomic E-state index is 3.79. The highest BCUT2D eigenvalue weighted by Crippen LogP contribution is 2.28. The molecule has 2 aliphatic rings. The van der Waals surface area contributed by atoms with Crippen LogP contribution in [0.4, 0.5) is 0 Å². The van der Waals surface area contributed by atoms with Crippen LogP contribution in [0, 0.1) is 11.8 Å². The first-order chi connectivity index (χ1) is 8.34. The largest absolute Gasteiger partial charge is 0.310 e. The molecule has 2 rings (SSSR count). The molecule has 0 aliphatic heterocycles. The van der Waals surface area contributed by atoms with Crippen molar-refractivity contribution in [1.82, 2.24) is 5.32 Å². The van der Waals surface area contributed by atoms with Crippen molar-refractivity contribution in [1.29, 1.82) is 0 Å². The van der Waals surface area contributed by atoms with Crippen molar-refractivity contribution in [2.75, 3.05) is 6.54 Å². The number of hydrogen-bond donors (Lipinski definition) is 1. The van der Waals surface area contributed by atoms with E-state index in [0.717, 1.165) is 11.8 Å². The van der Waals surface area contributed by atoms with Gasteiger partial charge < -0.3 is 5.32 Å². The fourth-order valence-corrected chi connectivity index (χ4v) is 3.39. The van der Waals surface area contributed by atoms with E-state index in [1.54, 1.807) is 0 Å². The zero-order valence-corrected chi connectivity index (χ0v) is 11.5. The Labute approximate surface area is 107 Å². The van der Waals surface area contributed by atoms with Gasteiger partial charge in [-0.3, -0.25) is 0 Å². The van der Waals surface area contributed by atoms with Gasteiger partial charge in [-0.1, -0.05) is 44.8 Å². The van der Waals surface area contributed by atoms with Crippen molar-refractivity contribution >= 4 is 0 Å². The molecular weight excluding hydrogens is 206 g/mol. The predicted octanol–water partition coefficient (Wildman–Crippen LogP) is 4.29. The third kappa shape index (κ3) is 4.83. The van der Waals surface area contributed by atoms with Crippen LogP contribution in [-0.2, 0) is 0 Å². The molecule has 1 nitrogen and oxygen atoms in total. The summed E-state index contributed by atoms with van der Waals surface area (Å²) in [6.45, 7) is 3.67. The van der Waals surface area contributed by atoms with Gasteiger partial charge in [0.25, 0.3) is 0 Å². The summed E-state index contributed by atoms with van der Waals surface area (Å²) < 4.78 is 0. The minimum absolute atomic E-state index is 0.660. The first kappa shape index (κ1) is 13.1. The molecule has 2 aliphatic carbocycles. The molecule has 0 spiro atoms. The Kier molecular flexibility index (Phi) is 5.57. The van der Waals surface area contributed by atoms with E-state index in [1.165, 1.54) is 64.3 Å². The third-order valence-corrected chi connectivity index (χ3v) is 4.47. The van der Waals surface area contributed by atoms with Gasteiger partial charge in [-0.15, -0.1) is 0 Å². The molecule has 17 heavy (non-hydrogen) atoms. The fourth-order valence-electron chi connectivity index (χ4n) is 3.39. The van der Waals surface area contributed by atoms with Gasteiger partial charge in [0.2, 0.25) is 0 Å². The Morgan fingerprint density at radius 2 is 2.00 bits per heavy atom. The summed E-state index contributed by atoms with van der Waals surface area (Å²) in [6.07, 6.45) is 17.5. The molecule has 0 aromatic heterocycles. The van der Waals surface area contributed by atoms with Crippen LogP contribution in [-0.4, -0.2) is 12.6 Å². The van der Waals surface area contributed by atoms with Gasteiger partial charge >= 0.3 is 0 Å². The zero-order valence-electron chi connectivity index (χ0n) is 11.5. The van der Waals surface area contributed by atoms with Crippen LogP contribution in [0.5, 0.6) is 0 Å². The lowest BCUT2D eigenvalue weighted by atomic mass is 9.82. The van der Waals surface area contributed by atoms with Crippen molar-refractivity contribution in [2.24, 2.45) is 11.8 Å². The second-order valence-electron chi connectivity index (χ2n) is 6.22. The molecule has 98 valence electrons. The average Bonchev–Trinajstić information content (AvgIpc) is 2.27. The van der Waals surface area contributed by atoms with Gasteiger partial charge in [0.15, 0.2) is 0 Å². The van der Waals surface area contributed by atoms with E-state index < -0.39 is 0 Å². The number of nitrogens with one attached hydrogen (secondary N) is 1. The van der Waals surface area contributed by atoms with Gasteiger partial charge in [0, 0.05) is 6.04 Å². The molecule has 0 amide bonds. The third-order valence-electron chi connectivity index (χ3n) is 4.47. The Morgan fingerprint density at radius 1 is 1.06 bits per heavy atom. The summed E-state index contributed by atoms with van der Waals surface area (Å²) in [4.78, 5) is 0. The summed E-state index contributed by atoms with van der Waals surface area (Å²) in [7, 11) is 0. The summed E-state index contributed by atoms with van der Waals surface area (Å²) in [5.74, 6) is 1.90. The highest BCUT2D eigenvalue weighted by Gasteiger charge is 2.19. The first-order valence-corrected chi connectivity index (χ1v) is 7.74. The summed E-state index contributed by atoms with van der Waals surface area (Å²) in [5, 5.41) is 3.79. The van der Waals surface area contributed by atoms with E-state index in [4.69, 9.17) is 0 Å². The molecule has 0 saturated heterocycles. The van der Waals surface area contributed by atoms with Gasteiger partial charge in [0.1, 0.15) is 0 Å². The van der Waals surface area contributed by atoms with Gasteiger partial charge in [0.05, 0.1) is 0 Å². The lowest BCUT2D eigenvalue weighted by molar-refractivity contribution is 0.269. The van der Waals surface area contributed by atoms with E-state index in [-0.39, 0.29) is 0 Å². The highest BCUT2D eigenvalue weighted by atomic mass is 14.9. The summed E-state index contributed by atoms with van der Waals surface area (Å²) >= 11 is 0. The van der Waals surface area contributed by atoms with Crippen LogP contribution in [0.3, 0.4) is 0 Å². The maximum Gasteiger partial charge on any atom is 0.0250 e. The minimum atomic E-state index is 0.660. The Morgan fingerprint density at radius 3 is 2.88 bits per heavy atom. The molecule has 0 radical (unpaired) electrons. The molecule has 0 bridgehead atoms. The molecule has 3 unspecified atom stereocenters. The standard InChI is InChI=1S/C16H29N/c1-14-8-7-9-15(12-14)13-17-16-10-5-3-2-4-6-11-16/h5,10,14-17H,2-4,6-9,11-13H2,1H3/b10-5+. The van der Waals surface area contributed by atoms with E-state index in [1.807, 2.05) is 0 Å². The monoisotopic (exact) mass is 235 g/mol. The van der Waals surface area contributed by atoms with Gasteiger partial charge in [-0.05, 0) is 50.5 Å². The normalized spacial score (nSPS) is 37.1. The molecule has 3 atom stereocenters. The van der Waals surface area contributed by atoms with E-state index in [0.29, 0.717) is 6.04 Å². The predicted molar refractivity (Wildman–Crippen MR) is 75.1 cm³/mol. The Balaban J connectivity index is 1.70. The van der Waals surface area contributed by atoms with Crippen LogP contribution in [0.25, 0.3) is 0 Å². The fraction of sp³-hybridized carbons (Fsp3) is 0.875. The Bertz CT molecular complexity index is 234. The lowest BCUT2D eigenvalue weighted by Crippen LogP contribution is -2.34. The number of rotatable bonds is 3. The van der Waals surface area contributed by atoms with Crippen LogP contribution < -0.4 is 5.32 Å². The van der Waals surface area contributed by atoms with Crippen LogP contribution in [0.2, 0.25) is 0 Å². The van der Waals surface area contributed by atoms with Crippen molar-refractivity contribution in [2.45, 2.75) is 70.8 Å². The molecule has 1 heteroatoms. The molecule has 0 heterocycles. The molecule has 0 aromatic rings. The summed E-state index contributed by atoms with van der Waals surface area (Å²) in [5.41, 5.74) is 0. The average molecular weight is 235 g/mol. The van der Waals surface area contributed by atoms with E-state index >= 15 is 0 Å². The van der Waals surface area contributed by atoms with Crippen LogP contribution in [0.1, 0.15) is 64.7 Å². The van der Waals surface area contributed by atoms with Crippen molar-refractivity contribution in [3.05, 3.63) is 12.2 Å². The van der Waals surface area contributed by atoms with Gasteiger partial charge in [-0.2, -0.15) is 0 Å². The molecule has 1 saturated carbocycles. The summed E-state index contributed by atoms with van der Waals surface area (Å²) in [6, 6.07) is 0.660. The van der Waals surface area contributed by atoms with Crippen molar-refractivity contribution < 1.29 is 0 Å². The van der Waals surface area contributed by atoms with Crippen LogP contribution >= 0.6 is 0 Å². The number of hydrogen-bond acceptors (Lipinski definition) is 1. The zero-order chi connectivity index (χ0) is 11.9. The van der Waals surface area contributed by atoms with Crippen molar-refractivity contribution in [3.63, 3.8) is 0 Å². The SMILES string of the molecule is CC1CCCC(CNC2/C=C/CCCCC2)C1. The highest BCUT2D eigenvalue weighted by molar-refractivity contribution is 4.94. The van der Waals surface area contributed by atoms with E-state index in [9.17, 15) is 0 Å². The Hall–Kier alpha value is -0.300. The van der Waals surface area contributed by atoms with Crippen LogP contribution in [0.15, 0.2) is 12.2 Å². The second kappa shape index (κ2) is 7.20. The van der Waals surface area contributed by atoms with E-state index in [2.05, 4.69) is 24.4 Å². The maximum atomic E-state index is 3.79. The number of allylic oxidation sites excluding steroid dienone is 1. The topological polar surface area (TPSA) is 12.0 Å².